The Hall–Kier alpha value is -1.15. The summed E-state index contributed by atoms with van der Waals surface area (Å²) in [6.45, 7) is 0.994. The van der Waals surface area contributed by atoms with E-state index in [2.05, 4.69) is 46.5 Å². The van der Waals surface area contributed by atoms with Crippen LogP contribution in [-0.2, 0) is 12.3 Å². The van der Waals surface area contributed by atoms with E-state index in [1.165, 1.54) is 16.5 Å². The Balaban J connectivity index is 2.33. The molecule has 0 bridgehead atoms. The zero-order valence-electron chi connectivity index (χ0n) is 7.81. The second-order valence-corrected chi connectivity index (χ2v) is 4.40. The van der Waals surface area contributed by atoms with E-state index in [0.29, 0.717) is 0 Å². The summed E-state index contributed by atoms with van der Waals surface area (Å²) >= 11 is 1.88. The third-order valence-corrected chi connectivity index (χ3v) is 3.47. The molecule has 0 amide bonds. The average molecular weight is 201 g/mol. The number of aromatic nitrogens is 1. The Labute approximate surface area is 87.4 Å². The van der Waals surface area contributed by atoms with Crippen molar-refractivity contribution < 1.29 is 0 Å². The SMILES string of the molecule is C1=CSCc2cccc3ccn(c23)C1. The highest BCUT2D eigenvalue weighted by atomic mass is 32.2. The molecule has 0 saturated carbocycles. The molecule has 14 heavy (non-hydrogen) atoms. The molecule has 0 atom stereocenters. The second-order valence-electron chi connectivity index (χ2n) is 3.51. The van der Waals surface area contributed by atoms with E-state index in [4.69, 9.17) is 0 Å². The lowest BCUT2D eigenvalue weighted by molar-refractivity contribution is 0.860. The summed E-state index contributed by atoms with van der Waals surface area (Å²) in [6, 6.07) is 8.76. The van der Waals surface area contributed by atoms with Crippen LogP contribution >= 0.6 is 11.8 Å². The molecule has 1 aliphatic rings. The van der Waals surface area contributed by atoms with Gasteiger partial charge >= 0.3 is 0 Å². The van der Waals surface area contributed by atoms with Crippen LogP contribution in [0.25, 0.3) is 10.9 Å². The van der Waals surface area contributed by atoms with Crippen LogP contribution in [0, 0.1) is 0 Å². The van der Waals surface area contributed by atoms with Gasteiger partial charge in [0.25, 0.3) is 0 Å². The number of rotatable bonds is 0. The van der Waals surface area contributed by atoms with Crippen LogP contribution in [0.1, 0.15) is 5.56 Å². The van der Waals surface area contributed by atoms with Gasteiger partial charge in [0, 0.05) is 18.5 Å². The Morgan fingerprint density at radius 3 is 3.21 bits per heavy atom. The van der Waals surface area contributed by atoms with Crippen molar-refractivity contribution in [3.8, 4) is 0 Å². The smallest absolute Gasteiger partial charge is 0.0524 e. The number of hydrogen-bond acceptors (Lipinski definition) is 1. The fourth-order valence-electron chi connectivity index (χ4n) is 1.97. The van der Waals surface area contributed by atoms with E-state index in [0.717, 1.165) is 12.3 Å². The first-order valence-electron chi connectivity index (χ1n) is 4.78. The fourth-order valence-corrected chi connectivity index (χ4v) is 2.70. The van der Waals surface area contributed by atoms with Crippen LogP contribution in [0.4, 0.5) is 0 Å². The lowest BCUT2D eigenvalue weighted by Crippen LogP contribution is -1.97. The third-order valence-electron chi connectivity index (χ3n) is 2.61. The van der Waals surface area contributed by atoms with Crippen LogP contribution < -0.4 is 0 Å². The topological polar surface area (TPSA) is 4.93 Å². The molecule has 0 N–H and O–H groups in total. The molecule has 0 fully saturated rings. The lowest BCUT2D eigenvalue weighted by Gasteiger charge is -2.09. The Bertz CT molecular complexity index is 496. The maximum absolute atomic E-state index is 2.32. The van der Waals surface area contributed by atoms with Gasteiger partial charge in [-0.25, -0.2) is 0 Å². The van der Waals surface area contributed by atoms with Crippen molar-refractivity contribution in [2.45, 2.75) is 12.3 Å². The van der Waals surface area contributed by atoms with Crippen LogP contribution in [0.2, 0.25) is 0 Å². The zero-order chi connectivity index (χ0) is 9.38. The maximum atomic E-state index is 2.32. The number of nitrogens with zero attached hydrogens (tertiary/aromatic N) is 1. The third kappa shape index (κ3) is 1.18. The van der Waals surface area contributed by atoms with E-state index < -0.39 is 0 Å². The van der Waals surface area contributed by atoms with Gasteiger partial charge in [-0.3, -0.25) is 0 Å². The molecule has 2 heterocycles. The Kier molecular flexibility index (Phi) is 1.88. The van der Waals surface area contributed by atoms with Crippen LogP contribution in [0.15, 0.2) is 41.9 Å². The summed E-state index contributed by atoms with van der Waals surface area (Å²) in [5.74, 6) is 1.08. The summed E-state index contributed by atoms with van der Waals surface area (Å²) in [4.78, 5) is 0. The molecule has 0 radical (unpaired) electrons. The summed E-state index contributed by atoms with van der Waals surface area (Å²) in [7, 11) is 0. The molecule has 1 aromatic carbocycles. The molecule has 0 saturated heterocycles. The summed E-state index contributed by atoms with van der Waals surface area (Å²) in [6.07, 6.45) is 4.40. The van der Waals surface area contributed by atoms with E-state index in [-0.39, 0.29) is 0 Å². The maximum Gasteiger partial charge on any atom is 0.0524 e. The van der Waals surface area contributed by atoms with E-state index in [9.17, 15) is 0 Å². The van der Waals surface area contributed by atoms with Crippen molar-refractivity contribution in [3.63, 3.8) is 0 Å². The van der Waals surface area contributed by atoms with Gasteiger partial charge in [-0.2, -0.15) is 0 Å². The number of benzene rings is 1. The predicted molar refractivity (Wildman–Crippen MR) is 62.4 cm³/mol. The highest BCUT2D eigenvalue weighted by Gasteiger charge is 2.06. The number of hydrogen-bond donors (Lipinski definition) is 0. The average Bonchev–Trinajstić information content (AvgIpc) is 2.57. The highest BCUT2D eigenvalue weighted by molar-refractivity contribution is 8.01. The van der Waals surface area contributed by atoms with Gasteiger partial charge in [0.15, 0.2) is 0 Å². The number of thioether (sulfide) groups is 1. The van der Waals surface area contributed by atoms with E-state index in [1.807, 2.05) is 11.8 Å². The summed E-state index contributed by atoms with van der Waals surface area (Å²) in [5.41, 5.74) is 2.85. The van der Waals surface area contributed by atoms with Gasteiger partial charge in [-0.15, -0.1) is 11.8 Å². The monoisotopic (exact) mass is 201 g/mol. The standard InChI is InChI=1S/C12H11NS/c1-3-10-5-7-13-6-2-8-14-9-11(4-1)12(10)13/h1-5,7-8H,6,9H2. The first-order valence-corrected chi connectivity index (χ1v) is 5.83. The van der Waals surface area contributed by atoms with Gasteiger partial charge in [0.1, 0.15) is 0 Å². The molecular weight excluding hydrogens is 190 g/mol. The van der Waals surface area contributed by atoms with Gasteiger partial charge in [0.2, 0.25) is 0 Å². The van der Waals surface area contributed by atoms with Crippen molar-refractivity contribution in [2.75, 3.05) is 0 Å². The minimum absolute atomic E-state index is 0.994. The predicted octanol–water partition coefficient (Wildman–Crippen LogP) is 3.40. The first-order chi connectivity index (χ1) is 6.95. The van der Waals surface area contributed by atoms with Gasteiger partial charge < -0.3 is 4.57 Å². The number of para-hydroxylation sites is 1. The molecule has 0 unspecified atom stereocenters. The fraction of sp³-hybridized carbons (Fsp3) is 0.167. The van der Waals surface area contributed by atoms with Crippen LogP contribution in [0.5, 0.6) is 0 Å². The lowest BCUT2D eigenvalue weighted by atomic mass is 10.2. The minimum atomic E-state index is 0.994. The van der Waals surface area contributed by atoms with Crippen molar-refractivity contribution in [3.05, 3.63) is 47.5 Å². The zero-order valence-corrected chi connectivity index (χ0v) is 8.63. The Morgan fingerprint density at radius 2 is 2.21 bits per heavy atom. The Morgan fingerprint density at radius 1 is 1.21 bits per heavy atom. The van der Waals surface area contributed by atoms with Crippen molar-refractivity contribution in [1.82, 2.24) is 4.57 Å². The molecule has 2 heteroatoms. The van der Waals surface area contributed by atoms with Gasteiger partial charge in [-0.1, -0.05) is 24.3 Å². The number of allylic oxidation sites excluding steroid dienone is 1. The molecule has 0 aliphatic carbocycles. The molecule has 1 aliphatic heterocycles. The molecular formula is C12H11NS. The first kappa shape index (κ1) is 8.18. The molecule has 70 valence electrons. The molecule has 1 nitrogen and oxygen atoms in total. The quantitative estimate of drug-likeness (QED) is 0.632. The van der Waals surface area contributed by atoms with Crippen molar-refractivity contribution in [2.24, 2.45) is 0 Å². The second kappa shape index (κ2) is 3.21. The van der Waals surface area contributed by atoms with Gasteiger partial charge in [0.05, 0.1) is 5.52 Å². The minimum Gasteiger partial charge on any atom is -0.343 e. The molecule has 2 aromatic rings. The molecule has 1 aromatic heterocycles. The normalized spacial score (nSPS) is 15.4. The van der Waals surface area contributed by atoms with E-state index in [1.54, 1.807) is 0 Å². The largest absolute Gasteiger partial charge is 0.343 e. The van der Waals surface area contributed by atoms with Crippen molar-refractivity contribution >= 4 is 22.7 Å². The molecule has 0 spiro atoms. The van der Waals surface area contributed by atoms with Crippen LogP contribution in [-0.4, -0.2) is 4.57 Å². The summed E-state index contributed by atoms with van der Waals surface area (Å²) in [5, 5.41) is 3.56. The van der Waals surface area contributed by atoms with Gasteiger partial charge in [-0.05, 0) is 22.4 Å². The molecule has 3 rings (SSSR count). The van der Waals surface area contributed by atoms with E-state index >= 15 is 0 Å². The van der Waals surface area contributed by atoms with Crippen LogP contribution in [0.3, 0.4) is 0 Å². The highest BCUT2D eigenvalue weighted by Crippen LogP contribution is 2.26. The summed E-state index contributed by atoms with van der Waals surface area (Å²) < 4.78 is 2.32. The van der Waals surface area contributed by atoms with Crippen molar-refractivity contribution in [1.29, 1.82) is 0 Å².